The summed E-state index contributed by atoms with van der Waals surface area (Å²) in [4.78, 5) is 12.2. The van der Waals surface area contributed by atoms with Crippen LogP contribution in [0.1, 0.15) is 10.4 Å². The van der Waals surface area contributed by atoms with E-state index in [0.717, 1.165) is 0 Å². The minimum atomic E-state index is -5.07. The lowest BCUT2D eigenvalue weighted by molar-refractivity contribution is 0.0868. The third-order valence-electron chi connectivity index (χ3n) is 2.36. The first-order valence-corrected chi connectivity index (χ1v) is 6.91. The van der Waals surface area contributed by atoms with Crippen LogP contribution in [0.2, 0.25) is 0 Å². The molecule has 2 aromatic carbocycles. The lowest BCUT2D eigenvalue weighted by Crippen LogP contribution is -2.33. The molecule has 1 amide bonds. The highest BCUT2D eigenvalue weighted by Gasteiger charge is 2.21. The van der Waals surface area contributed by atoms with Crippen molar-refractivity contribution in [3.8, 4) is 0 Å². The van der Waals surface area contributed by atoms with Crippen molar-refractivity contribution in [3.05, 3.63) is 66.2 Å². The van der Waals surface area contributed by atoms with Crippen molar-refractivity contribution in [2.24, 2.45) is 0 Å². The van der Waals surface area contributed by atoms with E-state index in [0.29, 0.717) is 5.06 Å². The molecular formula is C13H10NO5S-. The second-order valence-electron chi connectivity index (χ2n) is 3.78. The van der Waals surface area contributed by atoms with E-state index in [1.807, 2.05) is 0 Å². The summed E-state index contributed by atoms with van der Waals surface area (Å²) in [6.45, 7) is 0. The quantitative estimate of drug-likeness (QED) is 0.486. The summed E-state index contributed by atoms with van der Waals surface area (Å²) in [6, 6.07) is 15.7. The van der Waals surface area contributed by atoms with E-state index in [9.17, 15) is 17.8 Å². The molecule has 0 saturated carbocycles. The predicted molar refractivity (Wildman–Crippen MR) is 70.5 cm³/mol. The Balaban J connectivity index is 2.40. The molecule has 0 aliphatic heterocycles. The highest BCUT2D eigenvalue weighted by molar-refractivity contribution is 7.80. The van der Waals surface area contributed by atoms with Gasteiger partial charge in [-0.05, 0) is 24.3 Å². The molecule has 0 saturated heterocycles. The minimum Gasteiger partial charge on any atom is -0.724 e. The number of anilines is 1. The van der Waals surface area contributed by atoms with E-state index >= 15 is 0 Å². The number of carbonyl (C=O) groups is 1. The fourth-order valence-electron chi connectivity index (χ4n) is 1.55. The second kappa shape index (κ2) is 5.83. The molecule has 0 N–H and O–H groups in total. The van der Waals surface area contributed by atoms with Crippen molar-refractivity contribution in [1.29, 1.82) is 0 Å². The summed E-state index contributed by atoms with van der Waals surface area (Å²) in [7, 11) is -5.07. The van der Waals surface area contributed by atoms with Crippen LogP contribution in [0.15, 0.2) is 60.7 Å². The maximum atomic E-state index is 12.2. The molecule has 0 unspecified atom stereocenters. The molecule has 2 aromatic rings. The van der Waals surface area contributed by atoms with Gasteiger partial charge in [-0.3, -0.25) is 4.79 Å². The number of hydrogen-bond acceptors (Lipinski definition) is 5. The van der Waals surface area contributed by atoms with Gasteiger partial charge in [0.1, 0.15) is 0 Å². The molecule has 0 radical (unpaired) electrons. The maximum absolute atomic E-state index is 12.2. The van der Waals surface area contributed by atoms with Crippen LogP contribution in [0.5, 0.6) is 0 Å². The number of nitrogens with zero attached hydrogens (tertiary/aromatic N) is 1. The van der Waals surface area contributed by atoms with Gasteiger partial charge in [-0.1, -0.05) is 36.4 Å². The average molecular weight is 292 g/mol. The van der Waals surface area contributed by atoms with Gasteiger partial charge in [0.25, 0.3) is 5.91 Å². The zero-order chi connectivity index (χ0) is 14.6. The standard InChI is InChI=1S/C13H11NO5S/c15-13(11-7-3-1-4-8-11)14(19-20(16,17)18)12-9-5-2-6-10-12/h1-10H,(H,16,17,18)/p-1. The Kier molecular flexibility index (Phi) is 4.14. The number of para-hydroxylation sites is 1. The Morgan fingerprint density at radius 2 is 1.45 bits per heavy atom. The van der Waals surface area contributed by atoms with Crippen LogP contribution >= 0.6 is 0 Å². The molecule has 0 aromatic heterocycles. The molecule has 0 fully saturated rings. The number of hydrogen-bond donors (Lipinski definition) is 0. The molecule has 0 aliphatic rings. The lowest BCUT2D eigenvalue weighted by atomic mass is 10.2. The van der Waals surface area contributed by atoms with Crippen LogP contribution in [0.25, 0.3) is 0 Å². The Morgan fingerprint density at radius 3 is 1.95 bits per heavy atom. The molecule has 0 bridgehead atoms. The molecule has 0 atom stereocenters. The van der Waals surface area contributed by atoms with E-state index in [-0.39, 0.29) is 11.3 Å². The Hall–Kier alpha value is -2.22. The highest BCUT2D eigenvalue weighted by atomic mass is 32.3. The van der Waals surface area contributed by atoms with E-state index in [4.69, 9.17) is 0 Å². The van der Waals surface area contributed by atoms with Crippen molar-refractivity contribution in [3.63, 3.8) is 0 Å². The molecule has 20 heavy (non-hydrogen) atoms. The van der Waals surface area contributed by atoms with Gasteiger partial charge >= 0.3 is 0 Å². The predicted octanol–water partition coefficient (Wildman–Crippen LogP) is 1.73. The van der Waals surface area contributed by atoms with Gasteiger partial charge in [0.15, 0.2) is 0 Å². The van der Waals surface area contributed by atoms with E-state index < -0.39 is 16.3 Å². The molecule has 104 valence electrons. The van der Waals surface area contributed by atoms with Gasteiger partial charge < -0.3 is 4.55 Å². The molecular weight excluding hydrogens is 282 g/mol. The summed E-state index contributed by atoms with van der Waals surface area (Å²) in [5, 5.41) is 0.456. The summed E-state index contributed by atoms with van der Waals surface area (Å²) in [5.41, 5.74) is 0.334. The van der Waals surface area contributed by atoms with Gasteiger partial charge in [0, 0.05) is 5.56 Å². The first-order chi connectivity index (χ1) is 9.47. The molecule has 7 heteroatoms. The zero-order valence-corrected chi connectivity index (χ0v) is 11.0. The first kappa shape index (κ1) is 14.2. The largest absolute Gasteiger partial charge is 0.724 e. The SMILES string of the molecule is O=C(c1ccccc1)N(OS(=O)(=O)[O-])c1ccccc1. The molecule has 2 rings (SSSR count). The van der Waals surface area contributed by atoms with Crippen LogP contribution in [-0.4, -0.2) is 18.9 Å². The van der Waals surface area contributed by atoms with Crippen molar-refractivity contribution in [1.82, 2.24) is 0 Å². The van der Waals surface area contributed by atoms with Gasteiger partial charge in [0.05, 0.1) is 5.69 Å². The Bertz CT molecular complexity index is 685. The number of hydroxylamine groups is 1. The van der Waals surface area contributed by atoms with Crippen molar-refractivity contribution in [2.75, 3.05) is 5.06 Å². The third-order valence-corrected chi connectivity index (χ3v) is 2.69. The van der Waals surface area contributed by atoms with Crippen molar-refractivity contribution >= 4 is 22.0 Å². The van der Waals surface area contributed by atoms with Gasteiger partial charge in [-0.25, -0.2) is 8.42 Å². The average Bonchev–Trinajstić information content (AvgIpc) is 2.45. The lowest BCUT2D eigenvalue weighted by Gasteiger charge is -2.22. The van der Waals surface area contributed by atoms with E-state index in [1.165, 1.54) is 24.3 Å². The number of benzene rings is 2. The van der Waals surface area contributed by atoms with E-state index in [2.05, 4.69) is 4.28 Å². The fourth-order valence-corrected chi connectivity index (χ4v) is 1.88. The van der Waals surface area contributed by atoms with Crippen LogP contribution in [0.3, 0.4) is 0 Å². The topological polar surface area (TPSA) is 86.7 Å². The van der Waals surface area contributed by atoms with Gasteiger partial charge in [0.2, 0.25) is 10.4 Å². The summed E-state index contributed by atoms with van der Waals surface area (Å²) >= 11 is 0. The van der Waals surface area contributed by atoms with Gasteiger partial charge in [-0.15, -0.1) is 4.28 Å². The molecule has 6 nitrogen and oxygen atoms in total. The van der Waals surface area contributed by atoms with Gasteiger partial charge in [-0.2, -0.15) is 5.06 Å². The number of amides is 1. The zero-order valence-electron chi connectivity index (χ0n) is 10.2. The molecule has 0 spiro atoms. The Morgan fingerprint density at radius 1 is 0.950 bits per heavy atom. The van der Waals surface area contributed by atoms with Crippen LogP contribution in [-0.2, 0) is 14.7 Å². The van der Waals surface area contributed by atoms with Crippen LogP contribution < -0.4 is 5.06 Å². The van der Waals surface area contributed by atoms with Crippen LogP contribution in [0.4, 0.5) is 5.69 Å². The van der Waals surface area contributed by atoms with Crippen molar-refractivity contribution in [2.45, 2.75) is 0 Å². The monoisotopic (exact) mass is 292 g/mol. The summed E-state index contributed by atoms with van der Waals surface area (Å²) < 4.78 is 36.6. The first-order valence-electron chi connectivity index (χ1n) is 5.57. The second-order valence-corrected chi connectivity index (χ2v) is 4.75. The smallest absolute Gasteiger partial charge is 0.283 e. The van der Waals surface area contributed by atoms with E-state index in [1.54, 1.807) is 36.4 Å². The summed E-state index contributed by atoms with van der Waals surface area (Å²) in [6.07, 6.45) is 0. The number of carbonyl (C=O) groups excluding carboxylic acids is 1. The van der Waals surface area contributed by atoms with Crippen molar-refractivity contribution < 1.29 is 22.0 Å². The van der Waals surface area contributed by atoms with Crippen LogP contribution in [0, 0.1) is 0 Å². The fraction of sp³-hybridized carbons (Fsp3) is 0. The summed E-state index contributed by atoms with van der Waals surface area (Å²) in [5.74, 6) is -0.753. The third kappa shape index (κ3) is 3.64. The maximum Gasteiger partial charge on any atom is 0.283 e. The molecule has 0 heterocycles. The Labute approximate surface area is 116 Å². The normalized spacial score (nSPS) is 11.1. The molecule has 0 aliphatic carbocycles. The highest BCUT2D eigenvalue weighted by Crippen LogP contribution is 2.18. The number of rotatable bonds is 4. The minimum absolute atomic E-state index is 0.140.